The van der Waals surface area contributed by atoms with Gasteiger partial charge >= 0.3 is 6.18 Å². The number of nitrogens with one attached hydrogen (secondary N) is 2. The summed E-state index contributed by atoms with van der Waals surface area (Å²) in [5, 5.41) is 5.87. The summed E-state index contributed by atoms with van der Waals surface area (Å²) in [4.78, 5) is 39.2. The maximum absolute atomic E-state index is 13.2. The van der Waals surface area contributed by atoms with Gasteiger partial charge in [-0.25, -0.2) is 15.0 Å². The molecule has 2 aromatic carbocycles. The molecule has 1 aliphatic rings. The van der Waals surface area contributed by atoms with E-state index in [4.69, 9.17) is 4.74 Å². The Bertz CT molecular complexity index is 1810. The van der Waals surface area contributed by atoms with Crippen molar-refractivity contribution in [2.75, 3.05) is 17.2 Å². The van der Waals surface area contributed by atoms with Gasteiger partial charge in [0.2, 0.25) is 0 Å². The molecule has 214 valence electrons. The molecule has 0 bridgehead atoms. The lowest BCUT2D eigenvalue weighted by Gasteiger charge is -2.23. The zero-order valence-corrected chi connectivity index (χ0v) is 22.0. The van der Waals surface area contributed by atoms with Crippen LogP contribution < -0.4 is 16.2 Å². The first-order valence-corrected chi connectivity index (χ1v) is 13.1. The van der Waals surface area contributed by atoms with E-state index in [1.54, 1.807) is 30.6 Å². The van der Waals surface area contributed by atoms with Crippen LogP contribution >= 0.6 is 0 Å². The number of benzene rings is 2. The molecule has 1 saturated heterocycles. The van der Waals surface area contributed by atoms with Crippen LogP contribution in [0.5, 0.6) is 0 Å². The van der Waals surface area contributed by atoms with E-state index in [2.05, 4.69) is 25.6 Å². The number of hydrogen-bond donors (Lipinski definition) is 2. The number of ether oxygens (including phenoxy) is 1. The molecule has 1 atom stereocenters. The summed E-state index contributed by atoms with van der Waals surface area (Å²) < 4.78 is 48.2. The second-order valence-corrected chi connectivity index (χ2v) is 9.67. The van der Waals surface area contributed by atoms with Crippen molar-refractivity contribution in [2.24, 2.45) is 0 Å². The van der Waals surface area contributed by atoms with Crippen LogP contribution in [0.2, 0.25) is 0 Å². The number of rotatable bonds is 6. The van der Waals surface area contributed by atoms with Gasteiger partial charge in [0.1, 0.15) is 18.1 Å². The van der Waals surface area contributed by atoms with E-state index >= 15 is 0 Å². The van der Waals surface area contributed by atoms with Crippen molar-refractivity contribution < 1.29 is 22.7 Å². The van der Waals surface area contributed by atoms with Crippen LogP contribution in [0.25, 0.3) is 16.9 Å². The summed E-state index contributed by atoms with van der Waals surface area (Å²) in [6.45, 7) is 0.694. The number of anilines is 3. The lowest BCUT2D eigenvalue weighted by Crippen LogP contribution is -2.28. The van der Waals surface area contributed by atoms with Gasteiger partial charge in [0.05, 0.1) is 11.9 Å². The fourth-order valence-electron chi connectivity index (χ4n) is 4.77. The lowest BCUT2D eigenvalue weighted by atomic mass is 10.1. The van der Waals surface area contributed by atoms with E-state index < -0.39 is 23.2 Å². The number of fused-ring (bicyclic) bond motifs is 1. The molecule has 6 rings (SSSR count). The summed E-state index contributed by atoms with van der Waals surface area (Å²) in [6, 6.07) is 13.8. The Hall–Kier alpha value is -5.04. The van der Waals surface area contributed by atoms with Crippen LogP contribution in [0.1, 0.15) is 41.4 Å². The molecular weight excluding hydrogens is 551 g/mol. The van der Waals surface area contributed by atoms with E-state index in [1.807, 2.05) is 4.57 Å². The number of pyridine rings is 1. The normalized spacial score (nSPS) is 15.5. The van der Waals surface area contributed by atoms with Crippen LogP contribution in [0.4, 0.5) is 30.4 Å². The second kappa shape index (κ2) is 11.1. The van der Waals surface area contributed by atoms with Gasteiger partial charge in [0, 0.05) is 29.9 Å². The summed E-state index contributed by atoms with van der Waals surface area (Å²) in [6.07, 6.45) is 2.76. The molecule has 0 aliphatic carbocycles. The molecule has 4 heterocycles. The Morgan fingerprint density at radius 3 is 2.55 bits per heavy atom. The molecule has 0 radical (unpaired) electrons. The molecule has 1 fully saturated rings. The number of imidazole rings is 1. The van der Waals surface area contributed by atoms with Gasteiger partial charge in [-0.15, -0.1) is 0 Å². The topological polar surface area (TPSA) is 116 Å². The fraction of sp³-hybridized carbons (Fsp3) is 0.207. The number of amides is 1. The zero-order chi connectivity index (χ0) is 29.3. The largest absolute Gasteiger partial charge is 0.416 e. The fourth-order valence-corrected chi connectivity index (χ4v) is 4.77. The van der Waals surface area contributed by atoms with E-state index in [-0.39, 0.29) is 17.5 Å². The van der Waals surface area contributed by atoms with Crippen LogP contribution in [0, 0.1) is 0 Å². The van der Waals surface area contributed by atoms with Crippen molar-refractivity contribution in [3.8, 4) is 5.69 Å². The maximum Gasteiger partial charge on any atom is 0.416 e. The highest BCUT2D eigenvalue weighted by Crippen LogP contribution is 2.31. The molecule has 42 heavy (non-hydrogen) atoms. The van der Waals surface area contributed by atoms with Gasteiger partial charge in [0.15, 0.2) is 17.0 Å². The number of halogens is 3. The van der Waals surface area contributed by atoms with Gasteiger partial charge in [-0.3, -0.25) is 18.7 Å². The number of alkyl halides is 3. The Morgan fingerprint density at radius 1 is 0.976 bits per heavy atom. The smallest absolute Gasteiger partial charge is 0.358 e. The van der Waals surface area contributed by atoms with Crippen LogP contribution in [0.15, 0.2) is 84.3 Å². The van der Waals surface area contributed by atoms with Crippen molar-refractivity contribution in [3.63, 3.8) is 0 Å². The minimum Gasteiger partial charge on any atom is -0.358 e. The third-order valence-electron chi connectivity index (χ3n) is 6.87. The SMILES string of the molecule is O=C(Nc1ccc(Nc2ncnc3c2ncn3C2CCCCO2)cc1)c1cccn(-c2cccc(C(F)(F)F)c2)c1=O. The molecule has 1 unspecified atom stereocenters. The molecule has 0 spiro atoms. The maximum atomic E-state index is 13.2. The van der Waals surface area contributed by atoms with Gasteiger partial charge in [-0.2, -0.15) is 13.2 Å². The highest BCUT2D eigenvalue weighted by atomic mass is 19.4. The van der Waals surface area contributed by atoms with Crippen molar-refractivity contribution in [2.45, 2.75) is 31.7 Å². The monoisotopic (exact) mass is 575 g/mol. The van der Waals surface area contributed by atoms with Crippen LogP contribution in [-0.4, -0.2) is 36.6 Å². The number of hydrogen-bond acceptors (Lipinski definition) is 7. The minimum absolute atomic E-state index is 0.00479. The molecular formula is C29H24F3N7O3. The highest BCUT2D eigenvalue weighted by Gasteiger charge is 2.30. The van der Waals surface area contributed by atoms with Gasteiger partial charge in [-0.1, -0.05) is 6.07 Å². The number of carbonyl (C=O) groups excluding carboxylic acids is 1. The van der Waals surface area contributed by atoms with Crippen molar-refractivity contribution in [1.29, 1.82) is 0 Å². The average molecular weight is 576 g/mol. The Kier molecular flexibility index (Phi) is 7.17. The first kappa shape index (κ1) is 27.1. The Labute approximate surface area is 236 Å². The molecule has 10 nitrogen and oxygen atoms in total. The molecule has 13 heteroatoms. The molecule has 5 aromatic rings. The first-order valence-electron chi connectivity index (χ1n) is 13.1. The Balaban J connectivity index is 1.17. The van der Waals surface area contributed by atoms with Crippen molar-refractivity contribution in [1.82, 2.24) is 24.1 Å². The van der Waals surface area contributed by atoms with E-state index in [0.29, 0.717) is 35.0 Å². The van der Waals surface area contributed by atoms with Gasteiger partial charge in [0.25, 0.3) is 11.5 Å². The third-order valence-corrected chi connectivity index (χ3v) is 6.87. The zero-order valence-electron chi connectivity index (χ0n) is 22.0. The summed E-state index contributed by atoms with van der Waals surface area (Å²) in [5.41, 5.74) is 0.442. The molecule has 2 N–H and O–H groups in total. The average Bonchev–Trinajstić information content (AvgIpc) is 3.44. The quantitative estimate of drug-likeness (QED) is 0.267. The van der Waals surface area contributed by atoms with Crippen LogP contribution in [-0.2, 0) is 10.9 Å². The van der Waals surface area contributed by atoms with E-state index in [9.17, 15) is 22.8 Å². The van der Waals surface area contributed by atoms with Gasteiger partial charge in [-0.05, 0) is 73.9 Å². The van der Waals surface area contributed by atoms with Crippen molar-refractivity contribution >= 4 is 34.3 Å². The number of nitrogens with zero attached hydrogens (tertiary/aromatic N) is 5. The van der Waals surface area contributed by atoms with Crippen molar-refractivity contribution in [3.05, 3.63) is 101 Å². The van der Waals surface area contributed by atoms with Gasteiger partial charge < -0.3 is 15.4 Å². The first-order chi connectivity index (χ1) is 20.3. The number of aromatic nitrogens is 5. The molecule has 0 saturated carbocycles. The lowest BCUT2D eigenvalue weighted by molar-refractivity contribution is -0.137. The van der Waals surface area contributed by atoms with E-state index in [1.165, 1.54) is 36.8 Å². The minimum atomic E-state index is -4.57. The molecule has 1 amide bonds. The number of carbonyl (C=O) groups is 1. The third kappa shape index (κ3) is 5.46. The van der Waals surface area contributed by atoms with E-state index in [0.717, 1.165) is 36.0 Å². The Morgan fingerprint density at radius 2 is 1.79 bits per heavy atom. The second-order valence-electron chi connectivity index (χ2n) is 9.67. The standard InChI is InChI=1S/C29H24F3N7O3/c30-29(31,32)18-5-3-6-21(15-18)38-13-4-7-22(28(38)41)27(40)37-20-11-9-19(10-12-20)36-25-24-26(34-16-33-25)39(17-35-24)23-8-1-2-14-42-23/h3-7,9-13,15-17,23H,1-2,8,14H2,(H,37,40)(H,33,34,36). The molecule has 1 aliphatic heterocycles. The highest BCUT2D eigenvalue weighted by molar-refractivity contribution is 6.04. The summed E-state index contributed by atoms with van der Waals surface area (Å²) >= 11 is 0. The van der Waals surface area contributed by atoms with Crippen LogP contribution in [0.3, 0.4) is 0 Å². The summed E-state index contributed by atoms with van der Waals surface area (Å²) in [5.74, 6) is -0.194. The predicted molar refractivity (Wildman–Crippen MR) is 149 cm³/mol. The predicted octanol–water partition coefficient (Wildman–Crippen LogP) is 5.69. The summed E-state index contributed by atoms with van der Waals surface area (Å²) in [7, 11) is 0. The molecule has 3 aromatic heterocycles.